The summed E-state index contributed by atoms with van der Waals surface area (Å²) in [5, 5.41) is 2.74. The maximum atomic E-state index is 12.5. The highest BCUT2D eigenvalue weighted by Gasteiger charge is 2.24. The van der Waals surface area contributed by atoms with Gasteiger partial charge in [0.1, 0.15) is 17.1 Å². The van der Waals surface area contributed by atoms with Crippen LogP contribution in [0.1, 0.15) is 42.6 Å². The normalized spacial score (nSPS) is 11.6. The molecule has 1 N–H and O–H groups in total. The molecule has 2 aromatic rings. The highest BCUT2D eigenvalue weighted by molar-refractivity contribution is 5.99. The SMILES string of the molecule is COc1cccc(OC)c1C(=O)O[C@@H](C)C(=O)Nc1ccc(C(C)C)cc1. The van der Waals surface area contributed by atoms with E-state index in [1.165, 1.54) is 26.7 Å². The molecule has 27 heavy (non-hydrogen) atoms. The number of carbonyl (C=O) groups excluding carboxylic acids is 2. The lowest BCUT2D eigenvalue weighted by Gasteiger charge is -2.16. The van der Waals surface area contributed by atoms with Crippen LogP contribution in [0.2, 0.25) is 0 Å². The number of nitrogens with one attached hydrogen (secondary N) is 1. The van der Waals surface area contributed by atoms with E-state index in [0.717, 1.165) is 0 Å². The average molecular weight is 371 g/mol. The summed E-state index contributed by atoms with van der Waals surface area (Å²) in [4.78, 5) is 24.9. The Balaban J connectivity index is 2.07. The van der Waals surface area contributed by atoms with Gasteiger partial charge in [0.05, 0.1) is 14.2 Å². The number of hydrogen-bond donors (Lipinski definition) is 1. The molecule has 0 aliphatic heterocycles. The first kappa shape index (κ1) is 20.3. The van der Waals surface area contributed by atoms with Crippen molar-refractivity contribution in [1.82, 2.24) is 0 Å². The van der Waals surface area contributed by atoms with Gasteiger partial charge in [-0.1, -0.05) is 32.0 Å². The van der Waals surface area contributed by atoms with Gasteiger partial charge in [-0.15, -0.1) is 0 Å². The molecule has 0 bridgehead atoms. The first-order valence-corrected chi connectivity index (χ1v) is 8.70. The van der Waals surface area contributed by atoms with Gasteiger partial charge in [0, 0.05) is 5.69 Å². The highest BCUT2D eigenvalue weighted by Crippen LogP contribution is 2.29. The van der Waals surface area contributed by atoms with Crippen LogP contribution in [0.3, 0.4) is 0 Å². The highest BCUT2D eigenvalue weighted by atomic mass is 16.6. The van der Waals surface area contributed by atoms with Crippen molar-refractivity contribution in [3.8, 4) is 11.5 Å². The minimum atomic E-state index is -0.989. The predicted octanol–water partition coefficient (Wildman–Crippen LogP) is 4.01. The molecule has 0 fully saturated rings. The Bertz CT molecular complexity index is 776. The summed E-state index contributed by atoms with van der Waals surface area (Å²) in [5.74, 6) is -0.0745. The summed E-state index contributed by atoms with van der Waals surface area (Å²) in [6.07, 6.45) is -0.989. The summed E-state index contributed by atoms with van der Waals surface area (Å²) >= 11 is 0. The molecule has 0 aromatic heterocycles. The number of carbonyl (C=O) groups is 2. The van der Waals surface area contributed by atoms with Crippen LogP contribution in [-0.2, 0) is 9.53 Å². The van der Waals surface area contributed by atoms with Crippen molar-refractivity contribution >= 4 is 17.6 Å². The predicted molar refractivity (Wildman–Crippen MR) is 104 cm³/mol. The molecule has 0 heterocycles. The van der Waals surface area contributed by atoms with Gasteiger partial charge in [-0.3, -0.25) is 4.79 Å². The van der Waals surface area contributed by atoms with Gasteiger partial charge >= 0.3 is 5.97 Å². The zero-order chi connectivity index (χ0) is 20.0. The molecule has 0 aliphatic carbocycles. The molecule has 6 nitrogen and oxygen atoms in total. The topological polar surface area (TPSA) is 73.9 Å². The summed E-state index contributed by atoms with van der Waals surface area (Å²) in [7, 11) is 2.89. The van der Waals surface area contributed by atoms with Crippen molar-refractivity contribution in [2.45, 2.75) is 32.8 Å². The van der Waals surface area contributed by atoms with Crippen molar-refractivity contribution in [2.75, 3.05) is 19.5 Å². The Hall–Kier alpha value is -3.02. The van der Waals surface area contributed by atoms with Crippen LogP contribution in [0.25, 0.3) is 0 Å². The molecule has 1 atom stereocenters. The van der Waals surface area contributed by atoms with Crippen LogP contribution in [0.5, 0.6) is 11.5 Å². The smallest absolute Gasteiger partial charge is 0.346 e. The third kappa shape index (κ3) is 5.00. The zero-order valence-corrected chi connectivity index (χ0v) is 16.2. The molecule has 6 heteroatoms. The summed E-state index contributed by atoms with van der Waals surface area (Å²) in [6, 6.07) is 12.5. The molecule has 0 radical (unpaired) electrons. The van der Waals surface area contributed by atoms with Crippen molar-refractivity contribution in [2.24, 2.45) is 0 Å². The largest absolute Gasteiger partial charge is 0.496 e. The van der Waals surface area contributed by atoms with Crippen LogP contribution in [0.4, 0.5) is 5.69 Å². The van der Waals surface area contributed by atoms with Crippen molar-refractivity contribution in [3.63, 3.8) is 0 Å². The average Bonchev–Trinajstić information content (AvgIpc) is 2.67. The molecule has 2 rings (SSSR count). The zero-order valence-electron chi connectivity index (χ0n) is 16.2. The van der Waals surface area contributed by atoms with E-state index in [0.29, 0.717) is 23.1 Å². The number of esters is 1. The summed E-state index contributed by atoms with van der Waals surface area (Å²) < 4.78 is 15.7. The van der Waals surface area contributed by atoms with Crippen LogP contribution in [0, 0.1) is 0 Å². The van der Waals surface area contributed by atoms with Crippen molar-refractivity contribution in [3.05, 3.63) is 53.6 Å². The van der Waals surface area contributed by atoms with Crippen molar-refractivity contribution < 1.29 is 23.8 Å². The molecule has 2 aromatic carbocycles. The first-order valence-electron chi connectivity index (χ1n) is 8.70. The van der Waals surface area contributed by atoms with Crippen LogP contribution < -0.4 is 14.8 Å². The molecule has 0 saturated heterocycles. The second-order valence-corrected chi connectivity index (χ2v) is 6.35. The van der Waals surface area contributed by atoms with E-state index in [-0.39, 0.29) is 5.56 Å². The Morgan fingerprint density at radius 1 is 0.889 bits per heavy atom. The van der Waals surface area contributed by atoms with Crippen LogP contribution in [-0.4, -0.2) is 32.2 Å². The third-order valence-corrected chi connectivity index (χ3v) is 4.13. The quantitative estimate of drug-likeness (QED) is 0.745. The molecule has 0 unspecified atom stereocenters. The first-order chi connectivity index (χ1) is 12.9. The monoisotopic (exact) mass is 371 g/mol. The summed E-state index contributed by atoms with van der Waals surface area (Å²) in [5.41, 5.74) is 1.96. The fourth-order valence-electron chi connectivity index (χ4n) is 2.52. The van der Waals surface area contributed by atoms with E-state index in [2.05, 4.69) is 19.2 Å². The van der Waals surface area contributed by atoms with Gasteiger partial charge in [0.25, 0.3) is 5.91 Å². The van der Waals surface area contributed by atoms with Gasteiger partial charge in [-0.05, 0) is 42.7 Å². The minimum Gasteiger partial charge on any atom is -0.496 e. The minimum absolute atomic E-state index is 0.142. The standard InChI is InChI=1S/C21H25NO5/c1-13(2)15-9-11-16(12-10-15)22-20(23)14(3)27-21(24)19-17(25-4)7-6-8-18(19)26-5/h6-14H,1-5H3,(H,22,23)/t14-/m0/s1. The maximum absolute atomic E-state index is 12.5. The fraction of sp³-hybridized carbons (Fsp3) is 0.333. The lowest BCUT2D eigenvalue weighted by Crippen LogP contribution is -2.30. The van der Waals surface area contributed by atoms with Gasteiger partial charge in [-0.2, -0.15) is 0 Å². The second kappa shape index (κ2) is 9.07. The molecule has 0 spiro atoms. The molecule has 0 saturated carbocycles. The third-order valence-electron chi connectivity index (χ3n) is 4.13. The number of benzene rings is 2. The Morgan fingerprint density at radius 2 is 1.44 bits per heavy atom. The van der Waals surface area contributed by atoms with Crippen LogP contribution in [0.15, 0.2) is 42.5 Å². The van der Waals surface area contributed by atoms with E-state index in [4.69, 9.17) is 14.2 Å². The van der Waals surface area contributed by atoms with Gasteiger partial charge in [0.2, 0.25) is 0 Å². The maximum Gasteiger partial charge on any atom is 0.346 e. The van der Waals surface area contributed by atoms with Crippen molar-refractivity contribution in [1.29, 1.82) is 0 Å². The van der Waals surface area contributed by atoms with Gasteiger partial charge in [-0.25, -0.2) is 4.79 Å². The number of rotatable bonds is 7. The van der Waals surface area contributed by atoms with E-state index < -0.39 is 18.0 Å². The number of ether oxygens (including phenoxy) is 3. The molecule has 0 aliphatic rings. The number of anilines is 1. The number of amides is 1. The lowest BCUT2D eigenvalue weighted by molar-refractivity contribution is -0.123. The molecule has 144 valence electrons. The van der Waals surface area contributed by atoms with E-state index in [1.807, 2.05) is 24.3 Å². The van der Waals surface area contributed by atoms with Gasteiger partial charge < -0.3 is 19.5 Å². The molecular weight excluding hydrogens is 346 g/mol. The van der Waals surface area contributed by atoms with E-state index >= 15 is 0 Å². The Kier molecular flexibility index (Phi) is 6.82. The lowest BCUT2D eigenvalue weighted by atomic mass is 10.0. The summed E-state index contributed by atoms with van der Waals surface area (Å²) in [6.45, 7) is 5.71. The Labute approximate surface area is 159 Å². The fourth-order valence-corrected chi connectivity index (χ4v) is 2.52. The van der Waals surface area contributed by atoms with Crippen LogP contribution >= 0.6 is 0 Å². The second-order valence-electron chi connectivity index (χ2n) is 6.35. The van der Waals surface area contributed by atoms with Gasteiger partial charge in [0.15, 0.2) is 6.10 Å². The molecular formula is C21H25NO5. The number of hydrogen-bond acceptors (Lipinski definition) is 5. The Morgan fingerprint density at radius 3 is 1.93 bits per heavy atom. The van der Waals surface area contributed by atoms with E-state index in [9.17, 15) is 9.59 Å². The number of methoxy groups -OCH3 is 2. The van der Waals surface area contributed by atoms with E-state index in [1.54, 1.807) is 18.2 Å². The molecule has 1 amide bonds.